The Balaban J connectivity index is 1.71. The maximum atomic E-state index is 12.5. The molecule has 0 spiro atoms. The molecule has 2 N–H and O–H groups in total. The van der Waals surface area contributed by atoms with E-state index in [9.17, 15) is 4.79 Å². The van der Waals surface area contributed by atoms with Gasteiger partial charge in [-0.2, -0.15) is 0 Å². The highest BCUT2D eigenvalue weighted by Gasteiger charge is 2.10. The number of halogens is 2. The van der Waals surface area contributed by atoms with Gasteiger partial charge in [0.05, 0.1) is 5.56 Å². The van der Waals surface area contributed by atoms with Crippen LogP contribution < -0.4 is 10.0 Å². The van der Waals surface area contributed by atoms with Gasteiger partial charge in [0.1, 0.15) is 0 Å². The van der Waals surface area contributed by atoms with Crippen molar-refractivity contribution >= 4 is 41.1 Å². The Labute approximate surface area is 172 Å². The number of pyridine rings is 1. The molecule has 0 saturated carbocycles. The molecule has 0 aliphatic heterocycles. The molecule has 1 amide bonds. The Morgan fingerprint density at radius 3 is 2.67 bits per heavy atom. The summed E-state index contributed by atoms with van der Waals surface area (Å²) in [6.45, 7) is 0.337. The Bertz CT molecular complexity index is 965. The lowest BCUT2D eigenvalue weighted by molar-refractivity contribution is 0.0950. The monoisotopic (exact) mass is 417 g/mol. The number of nitrogens with zero attached hydrogens (tertiary/aromatic N) is 1. The molecular weight excluding hydrogens is 401 g/mol. The SMILES string of the molecule is CNSc1ccc(CNC(=O)c2cncc(-c3cccc(Cl)c3)c2)c(Cl)c1. The van der Waals surface area contributed by atoms with Crippen molar-refractivity contribution in [2.24, 2.45) is 0 Å². The van der Waals surface area contributed by atoms with E-state index in [0.29, 0.717) is 22.2 Å². The van der Waals surface area contributed by atoms with Crippen molar-refractivity contribution in [1.82, 2.24) is 15.0 Å². The number of carbonyl (C=O) groups is 1. The van der Waals surface area contributed by atoms with Crippen molar-refractivity contribution in [3.05, 3.63) is 82.1 Å². The second kappa shape index (κ2) is 9.24. The van der Waals surface area contributed by atoms with Crippen LogP contribution in [0.3, 0.4) is 0 Å². The molecule has 1 heterocycles. The van der Waals surface area contributed by atoms with Crippen molar-refractivity contribution in [2.75, 3.05) is 7.05 Å². The molecule has 27 heavy (non-hydrogen) atoms. The first-order valence-corrected chi connectivity index (χ1v) is 9.75. The average molecular weight is 418 g/mol. The predicted octanol–water partition coefficient (Wildman–Crippen LogP) is 5.21. The van der Waals surface area contributed by atoms with Gasteiger partial charge in [-0.3, -0.25) is 14.5 Å². The van der Waals surface area contributed by atoms with Gasteiger partial charge in [0.25, 0.3) is 5.91 Å². The molecular formula is C20H17Cl2N3OS. The summed E-state index contributed by atoms with van der Waals surface area (Å²) in [5.41, 5.74) is 3.07. The molecule has 0 aliphatic rings. The first kappa shape index (κ1) is 19.7. The van der Waals surface area contributed by atoms with Crippen LogP contribution in [0.1, 0.15) is 15.9 Å². The molecule has 0 unspecified atom stereocenters. The standard InChI is InChI=1S/C20H17Cl2N3OS/c1-23-27-18-6-5-14(19(22)9-18)12-25-20(26)16-7-15(10-24-11-16)13-3-2-4-17(21)8-13/h2-11,23H,12H2,1H3,(H,25,26). The summed E-state index contributed by atoms with van der Waals surface area (Å²) in [5.74, 6) is -0.212. The van der Waals surface area contributed by atoms with Crippen LogP contribution in [0.15, 0.2) is 65.8 Å². The molecule has 3 rings (SSSR count). The van der Waals surface area contributed by atoms with E-state index in [-0.39, 0.29) is 5.91 Å². The summed E-state index contributed by atoms with van der Waals surface area (Å²) in [6.07, 6.45) is 3.25. The fourth-order valence-electron chi connectivity index (χ4n) is 2.52. The normalized spacial score (nSPS) is 10.6. The van der Waals surface area contributed by atoms with Crippen LogP contribution in [0.2, 0.25) is 10.0 Å². The zero-order chi connectivity index (χ0) is 19.2. The van der Waals surface area contributed by atoms with Gasteiger partial charge in [-0.05, 0) is 60.5 Å². The number of rotatable bonds is 6. The van der Waals surface area contributed by atoms with Crippen LogP contribution in [-0.2, 0) is 6.54 Å². The minimum absolute atomic E-state index is 0.212. The second-order valence-corrected chi connectivity index (χ2v) is 7.64. The number of amides is 1. The number of aromatic nitrogens is 1. The number of hydrogen-bond acceptors (Lipinski definition) is 4. The van der Waals surface area contributed by atoms with Crippen LogP contribution >= 0.6 is 35.1 Å². The van der Waals surface area contributed by atoms with Crippen molar-refractivity contribution in [1.29, 1.82) is 0 Å². The first-order chi connectivity index (χ1) is 13.1. The third kappa shape index (κ3) is 5.23. The molecule has 0 radical (unpaired) electrons. The van der Waals surface area contributed by atoms with Gasteiger partial charge in [0, 0.05) is 39.4 Å². The lowest BCUT2D eigenvalue weighted by Gasteiger charge is -2.09. The molecule has 0 atom stereocenters. The quantitative estimate of drug-likeness (QED) is 0.540. The molecule has 1 aromatic heterocycles. The Hall–Kier alpha value is -2.05. The fraction of sp³-hybridized carbons (Fsp3) is 0.100. The summed E-state index contributed by atoms with van der Waals surface area (Å²) in [7, 11) is 1.85. The summed E-state index contributed by atoms with van der Waals surface area (Å²) in [4.78, 5) is 17.7. The molecule has 4 nitrogen and oxygen atoms in total. The van der Waals surface area contributed by atoms with E-state index < -0.39 is 0 Å². The lowest BCUT2D eigenvalue weighted by atomic mass is 10.1. The largest absolute Gasteiger partial charge is 0.348 e. The Morgan fingerprint density at radius 2 is 1.93 bits per heavy atom. The summed E-state index contributed by atoms with van der Waals surface area (Å²) in [5, 5.41) is 4.13. The summed E-state index contributed by atoms with van der Waals surface area (Å²) < 4.78 is 3.00. The predicted molar refractivity (Wildman–Crippen MR) is 112 cm³/mol. The van der Waals surface area contributed by atoms with Crippen LogP contribution in [0.25, 0.3) is 11.1 Å². The van der Waals surface area contributed by atoms with Crippen LogP contribution in [0, 0.1) is 0 Å². The first-order valence-electron chi connectivity index (χ1n) is 8.18. The zero-order valence-electron chi connectivity index (χ0n) is 14.5. The highest BCUT2D eigenvalue weighted by molar-refractivity contribution is 7.97. The third-order valence-electron chi connectivity index (χ3n) is 3.84. The van der Waals surface area contributed by atoms with E-state index in [1.54, 1.807) is 18.3 Å². The molecule has 3 aromatic rings. The molecule has 0 aliphatic carbocycles. The van der Waals surface area contributed by atoms with E-state index >= 15 is 0 Å². The minimum atomic E-state index is -0.212. The number of nitrogens with one attached hydrogen (secondary N) is 2. The summed E-state index contributed by atoms with van der Waals surface area (Å²) >= 11 is 13.8. The van der Waals surface area contributed by atoms with Gasteiger partial charge in [-0.15, -0.1) is 0 Å². The minimum Gasteiger partial charge on any atom is -0.348 e. The van der Waals surface area contributed by atoms with E-state index in [1.807, 2.05) is 43.4 Å². The second-order valence-electron chi connectivity index (χ2n) is 5.71. The van der Waals surface area contributed by atoms with Gasteiger partial charge < -0.3 is 5.32 Å². The molecule has 7 heteroatoms. The molecule has 0 saturated heterocycles. The van der Waals surface area contributed by atoms with Gasteiger partial charge >= 0.3 is 0 Å². The molecule has 2 aromatic carbocycles. The topological polar surface area (TPSA) is 54.0 Å². The van der Waals surface area contributed by atoms with Gasteiger partial charge in [0.15, 0.2) is 0 Å². The van der Waals surface area contributed by atoms with Crippen molar-refractivity contribution < 1.29 is 4.79 Å². The number of benzene rings is 2. The van der Waals surface area contributed by atoms with E-state index in [0.717, 1.165) is 21.6 Å². The lowest BCUT2D eigenvalue weighted by Crippen LogP contribution is -2.23. The van der Waals surface area contributed by atoms with E-state index in [4.69, 9.17) is 23.2 Å². The maximum absolute atomic E-state index is 12.5. The smallest absolute Gasteiger partial charge is 0.253 e. The number of hydrogen-bond donors (Lipinski definition) is 2. The Morgan fingerprint density at radius 1 is 1.07 bits per heavy atom. The van der Waals surface area contributed by atoms with E-state index in [1.165, 1.54) is 18.1 Å². The van der Waals surface area contributed by atoms with Gasteiger partial charge in [0.2, 0.25) is 0 Å². The number of carbonyl (C=O) groups excluding carboxylic acids is 1. The van der Waals surface area contributed by atoms with Crippen molar-refractivity contribution in [3.63, 3.8) is 0 Å². The molecule has 0 fully saturated rings. The highest BCUT2D eigenvalue weighted by atomic mass is 35.5. The zero-order valence-corrected chi connectivity index (χ0v) is 16.8. The third-order valence-corrected chi connectivity index (χ3v) is 5.12. The fourth-order valence-corrected chi connectivity index (χ4v) is 3.57. The molecule has 138 valence electrons. The van der Waals surface area contributed by atoms with Gasteiger partial charge in [-0.1, -0.05) is 41.4 Å². The van der Waals surface area contributed by atoms with Gasteiger partial charge in [-0.25, -0.2) is 0 Å². The van der Waals surface area contributed by atoms with Crippen LogP contribution in [0.5, 0.6) is 0 Å². The summed E-state index contributed by atoms with van der Waals surface area (Å²) in [6, 6.07) is 15.0. The van der Waals surface area contributed by atoms with Crippen LogP contribution in [0.4, 0.5) is 0 Å². The Kier molecular flexibility index (Phi) is 6.74. The van der Waals surface area contributed by atoms with E-state index in [2.05, 4.69) is 15.0 Å². The average Bonchev–Trinajstić information content (AvgIpc) is 2.67. The van der Waals surface area contributed by atoms with Crippen LogP contribution in [-0.4, -0.2) is 17.9 Å². The maximum Gasteiger partial charge on any atom is 0.253 e. The van der Waals surface area contributed by atoms with Crippen molar-refractivity contribution in [2.45, 2.75) is 11.4 Å². The molecule has 0 bridgehead atoms. The highest BCUT2D eigenvalue weighted by Crippen LogP contribution is 2.24. The van der Waals surface area contributed by atoms with Crippen molar-refractivity contribution in [3.8, 4) is 11.1 Å².